The van der Waals surface area contributed by atoms with E-state index < -0.39 is 11.6 Å². The molecule has 3 N–H and O–H groups in total. The largest absolute Gasteiger partial charge is 0.389 e. The highest BCUT2D eigenvalue weighted by Crippen LogP contribution is 2.22. The highest BCUT2D eigenvalue weighted by molar-refractivity contribution is 7.80. The molecule has 0 radical (unpaired) electrons. The third-order valence-corrected chi connectivity index (χ3v) is 2.51. The van der Waals surface area contributed by atoms with Crippen molar-refractivity contribution >= 4 is 28.6 Å². The summed E-state index contributed by atoms with van der Waals surface area (Å²) >= 11 is 4.88. The average Bonchev–Trinajstić information content (AvgIpc) is 2.33. The van der Waals surface area contributed by atoms with Gasteiger partial charge in [0.1, 0.15) is 16.6 Å². The zero-order valence-corrected chi connectivity index (χ0v) is 9.97. The molecule has 18 heavy (non-hydrogen) atoms. The summed E-state index contributed by atoms with van der Waals surface area (Å²) in [6, 6.07) is 4.86. The number of nitrogens with one attached hydrogen (secondary N) is 1. The summed E-state index contributed by atoms with van der Waals surface area (Å²) in [5.41, 5.74) is 6.68. The van der Waals surface area contributed by atoms with Gasteiger partial charge < -0.3 is 11.1 Å². The van der Waals surface area contributed by atoms with E-state index in [1.165, 1.54) is 18.5 Å². The van der Waals surface area contributed by atoms with Gasteiger partial charge in [-0.05, 0) is 18.2 Å². The highest BCUT2D eigenvalue weighted by atomic mass is 32.1. The van der Waals surface area contributed by atoms with Gasteiger partial charge in [-0.25, -0.2) is 8.78 Å². The molecule has 1 aromatic carbocycles. The van der Waals surface area contributed by atoms with Gasteiger partial charge in [-0.15, -0.1) is 0 Å². The summed E-state index contributed by atoms with van der Waals surface area (Å²) in [6.07, 6.45) is 3.00. The Kier molecular flexibility index (Phi) is 3.47. The summed E-state index contributed by atoms with van der Waals surface area (Å²) in [5, 5.41) is 2.78. The predicted molar refractivity (Wildman–Crippen MR) is 69.8 cm³/mol. The number of halogens is 2. The molecule has 1 heterocycles. The van der Waals surface area contributed by atoms with E-state index in [1.54, 1.807) is 6.07 Å². The van der Waals surface area contributed by atoms with Crippen LogP contribution in [0.1, 0.15) is 5.56 Å². The molecule has 0 aliphatic rings. The Hall–Kier alpha value is -2.08. The van der Waals surface area contributed by atoms with Crippen molar-refractivity contribution in [3.8, 4) is 0 Å². The van der Waals surface area contributed by atoms with E-state index in [0.29, 0.717) is 11.3 Å². The number of hydrogen-bond donors (Lipinski definition) is 2. The smallest absolute Gasteiger partial charge is 0.149 e. The maximum absolute atomic E-state index is 13.5. The predicted octanol–water partition coefficient (Wildman–Crippen LogP) is 2.74. The van der Waals surface area contributed by atoms with Gasteiger partial charge in [0.2, 0.25) is 0 Å². The van der Waals surface area contributed by atoms with Gasteiger partial charge in [-0.2, -0.15) is 0 Å². The molecule has 0 unspecified atom stereocenters. The number of aromatic nitrogens is 1. The molecule has 0 aliphatic heterocycles. The van der Waals surface area contributed by atoms with E-state index in [0.717, 1.165) is 12.1 Å². The lowest BCUT2D eigenvalue weighted by molar-refractivity contribution is 0.586. The highest BCUT2D eigenvalue weighted by Gasteiger charge is 2.08. The SMILES string of the molecule is NC(=S)c1ccncc1Nc1ccc(F)cc1F. The van der Waals surface area contributed by atoms with Gasteiger partial charge in [-0.1, -0.05) is 12.2 Å². The molecule has 0 saturated carbocycles. The Morgan fingerprint density at radius 1 is 1.22 bits per heavy atom. The molecule has 2 rings (SSSR count). The number of nitrogens with two attached hydrogens (primary N) is 1. The zero-order valence-electron chi connectivity index (χ0n) is 9.15. The first-order valence-electron chi connectivity index (χ1n) is 5.04. The monoisotopic (exact) mass is 265 g/mol. The molecule has 92 valence electrons. The van der Waals surface area contributed by atoms with Crippen LogP contribution in [0.25, 0.3) is 0 Å². The van der Waals surface area contributed by atoms with Crippen LogP contribution in [-0.4, -0.2) is 9.97 Å². The Balaban J connectivity index is 2.37. The molecule has 0 atom stereocenters. The van der Waals surface area contributed by atoms with Crippen molar-refractivity contribution < 1.29 is 8.78 Å². The van der Waals surface area contributed by atoms with Gasteiger partial charge in [0, 0.05) is 17.8 Å². The number of rotatable bonds is 3. The number of hydrogen-bond acceptors (Lipinski definition) is 3. The van der Waals surface area contributed by atoms with Gasteiger partial charge in [-0.3, -0.25) is 4.98 Å². The molecular formula is C12H9F2N3S. The van der Waals surface area contributed by atoms with Crippen LogP contribution in [0, 0.1) is 11.6 Å². The molecule has 0 bridgehead atoms. The molecule has 3 nitrogen and oxygen atoms in total. The van der Waals surface area contributed by atoms with Crippen molar-refractivity contribution in [1.29, 1.82) is 0 Å². The van der Waals surface area contributed by atoms with Crippen molar-refractivity contribution in [1.82, 2.24) is 4.98 Å². The van der Waals surface area contributed by atoms with Crippen LogP contribution in [0.3, 0.4) is 0 Å². The van der Waals surface area contributed by atoms with Gasteiger partial charge in [0.15, 0.2) is 0 Å². The van der Waals surface area contributed by atoms with Gasteiger partial charge in [0.05, 0.1) is 17.6 Å². The van der Waals surface area contributed by atoms with Crippen LogP contribution in [0.15, 0.2) is 36.7 Å². The Morgan fingerprint density at radius 3 is 2.67 bits per heavy atom. The number of pyridine rings is 1. The summed E-state index contributed by atoms with van der Waals surface area (Å²) < 4.78 is 26.3. The Labute approximate surface area is 108 Å². The molecule has 0 fully saturated rings. The van der Waals surface area contributed by atoms with Crippen LogP contribution >= 0.6 is 12.2 Å². The second kappa shape index (κ2) is 5.05. The van der Waals surface area contributed by atoms with E-state index in [1.807, 2.05) is 0 Å². The third-order valence-electron chi connectivity index (χ3n) is 2.29. The first-order valence-corrected chi connectivity index (χ1v) is 5.44. The summed E-state index contributed by atoms with van der Waals surface area (Å²) in [5.74, 6) is -1.34. The lowest BCUT2D eigenvalue weighted by atomic mass is 10.2. The fourth-order valence-corrected chi connectivity index (χ4v) is 1.62. The molecule has 2 aromatic rings. The van der Waals surface area contributed by atoms with Crippen molar-refractivity contribution in [3.63, 3.8) is 0 Å². The van der Waals surface area contributed by atoms with E-state index in [2.05, 4.69) is 10.3 Å². The summed E-state index contributed by atoms with van der Waals surface area (Å²) in [6.45, 7) is 0. The zero-order chi connectivity index (χ0) is 13.1. The van der Waals surface area contributed by atoms with E-state index >= 15 is 0 Å². The molecule has 0 spiro atoms. The first-order chi connectivity index (χ1) is 8.58. The van der Waals surface area contributed by atoms with Gasteiger partial charge in [0.25, 0.3) is 0 Å². The molecule has 6 heteroatoms. The Bertz CT molecular complexity index is 602. The third kappa shape index (κ3) is 2.60. The quantitative estimate of drug-likeness (QED) is 0.838. The first kappa shape index (κ1) is 12.4. The van der Waals surface area contributed by atoms with Crippen molar-refractivity contribution in [2.45, 2.75) is 0 Å². The van der Waals surface area contributed by atoms with Gasteiger partial charge >= 0.3 is 0 Å². The van der Waals surface area contributed by atoms with Crippen LogP contribution in [-0.2, 0) is 0 Å². The number of anilines is 2. The fraction of sp³-hybridized carbons (Fsp3) is 0. The van der Waals surface area contributed by atoms with Crippen molar-refractivity contribution in [3.05, 3.63) is 53.9 Å². The molecule has 0 aliphatic carbocycles. The minimum atomic E-state index is -0.701. The topological polar surface area (TPSA) is 50.9 Å². The van der Waals surface area contributed by atoms with Crippen LogP contribution in [0.2, 0.25) is 0 Å². The number of benzene rings is 1. The lowest BCUT2D eigenvalue weighted by Crippen LogP contribution is -2.12. The second-order valence-electron chi connectivity index (χ2n) is 3.53. The number of thiocarbonyl (C=S) groups is 1. The summed E-state index contributed by atoms with van der Waals surface area (Å²) in [7, 11) is 0. The van der Waals surface area contributed by atoms with Crippen LogP contribution < -0.4 is 11.1 Å². The molecule has 0 saturated heterocycles. The van der Waals surface area contributed by atoms with E-state index in [-0.39, 0.29) is 10.7 Å². The summed E-state index contributed by atoms with van der Waals surface area (Å²) in [4.78, 5) is 4.07. The lowest BCUT2D eigenvalue weighted by Gasteiger charge is -2.11. The second-order valence-corrected chi connectivity index (χ2v) is 3.97. The van der Waals surface area contributed by atoms with Crippen LogP contribution in [0.4, 0.5) is 20.2 Å². The molecule has 1 aromatic heterocycles. The minimum absolute atomic E-state index is 0.127. The number of nitrogens with zero attached hydrogens (tertiary/aromatic N) is 1. The van der Waals surface area contributed by atoms with Crippen molar-refractivity contribution in [2.75, 3.05) is 5.32 Å². The molecular weight excluding hydrogens is 256 g/mol. The van der Waals surface area contributed by atoms with Crippen molar-refractivity contribution in [2.24, 2.45) is 5.73 Å². The van der Waals surface area contributed by atoms with E-state index in [4.69, 9.17) is 18.0 Å². The van der Waals surface area contributed by atoms with E-state index in [9.17, 15) is 8.78 Å². The standard InChI is InChI=1S/C12H9F2N3S/c13-7-1-2-10(9(14)5-7)17-11-6-16-4-3-8(11)12(15)18/h1-6,17H,(H2,15,18). The molecule has 0 amide bonds. The Morgan fingerprint density at radius 2 is 2.00 bits per heavy atom. The minimum Gasteiger partial charge on any atom is -0.389 e. The normalized spacial score (nSPS) is 10.1. The van der Waals surface area contributed by atoms with Crippen LogP contribution in [0.5, 0.6) is 0 Å². The fourth-order valence-electron chi connectivity index (χ4n) is 1.44. The maximum Gasteiger partial charge on any atom is 0.149 e. The maximum atomic E-state index is 13.5. The average molecular weight is 265 g/mol.